The van der Waals surface area contributed by atoms with E-state index < -0.39 is 0 Å². The van der Waals surface area contributed by atoms with Crippen molar-refractivity contribution in [1.29, 1.82) is 0 Å². The number of carbonyl (C=O) groups is 1. The molecule has 3 heterocycles. The van der Waals surface area contributed by atoms with Crippen LogP contribution in [0.3, 0.4) is 0 Å². The highest BCUT2D eigenvalue weighted by Gasteiger charge is 2.18. The lowest BCUT2D eigenvalue weighted by Crippen LogP contribution is -2.30. The number of nitrogens with zero attached hydrogens (tertiary/aromatic N) is 5. The Bertz CT molecular complexity index is 770. The zero-order valence-corrected chi connectivity index (χ0v) is 12.8. The molecule has 0 saturated carbocycles. The van der Waals surface area contributed by atoms with Crippen molar-refractivity contribution in [3.8, 4) is 0 Å². The third kappa shape index (κ3) is 2.57. The van der Waals surface area contributed by atoms with E-state index in [1.54, 1.807) is 21.8 Å². The minimum Gasteiger partial charge on any atom is -0.350 e. The van der Waals surface area contributed by atoms with Gasteiger partial charge >= 0.3 is 0 Å². The maximum absolute atomic E-state index is 12.3. The van der Waals surface area contributed by atoms with E-state index in [1.807, 2.05) is 39.2 Å². The summed E-state index contributed by atoms with van der Waals surface area (Å²) in [5, 5.41) is 11.7. The van der Waals surface area contributed by atoms with Crippen LogP contribution in [0.25, 0.3) is 11.0 Å². The van der Waals surface area contributed by atoms with E-state index in [4.69, 9.17) is 0 Å². The predicted octanol–water partition coefficient (Wildman–Crippen LogP) is 1.35. The van der Waals surface area contributed by atoms with Crippen LogP contribution in [-0.2, 0) is 18.4 Å². The molecule has 1 amide bonds. The summed E-state index contributed by atoms with van der Waals surface area (Å²) in [7, 11) is 1.87. The molecule has 0 bridgehead atoms. The summed E-state index contributed by atoms with van der Waals surface area (Å²) in [6.07, 6.45) is 5.30. The summed E-state index contributed by atoms with van der Waals surface area (Å²) in [6.45, 7) is 4.19. The van der Waals surface area contributed by atoms with Gasteiger partial charge in [-0.3, -0.25) is 19.1 Å². The topological polar surface area (TPSA) is 77.6 Å². The van der Waals surface area contributed by atoms with Crippen LogP contribution in [-0.4, -0.2) is 30.5 Å². The Morgan fingerprint density at radius 2 is 2.23 bits per heavy atom. The molecule has 7 nitrogen and oxygen atoms in total. The first-order valence-corrected chi connectivity index (χ1v) is 7.11. The molecule has 0 unspecified atom stereocenters. The molecule has 3 rings (SSSR count). The van der Waals surface area contributed by atoms with Gasteiger partial charge in [-0.05, 0) is 25.5 Å². The Balaban J connectivity index is 1.73. The molecule has 7 heteroatoms. The Kier molecular flexibility index (Phi) is 3.62. The Labute approximate surface area is 128 Å². The lowest BCUT2D eigenvalue weighted by molar-refractivity contribution is -0.124. The molecule has 0 fully saturated rings. The summed E-state index contributed by atoms with van der Waals surface area (Å²) < 4.78 is 3.45. The van der Waals surface area contributed by atoms with Gasteiger partial charge in [-0.15, -0.1) is 0 Å². The smallest absolute Gasteiger partial charge is 0.244 e. The number of carbonyl (C=O) groups excluding carboxylic acids is 1. The molecule has 114 valence electrons. The summed E-state index contributed by atoms with van der Waals surface area (Å²) in [5.41, 5.74) is 3.58. The quantitative estimate of drug-likeness (QED) is 0.788. The van der Waals surface area contributed by atoms with E-state index in [0.717, 1.165) is 22.3 Å². The number of aromatic nitrogens is 5. The van der Waals surface area contributed by atoms with Gasteiger partial charge in [-0.1, -0.05) is 6.07 Å². The SMILES string of the molecule is Cc1nn(C)c2cn([C@H](C)C(=O)NCc3cccnc3)nc12. The molecule has 3 aromatic rings. The molecule has 3 aromatic heterocycles. The van der Waals surface area contributed by atoms with E-state index in [2.05, 4.69) is 20.5 Å². The number of pyridine rings is 1. The third-order valence-electron chi connectivity index (χ3n) is 3.67. The summed E-state index contributed by atoms with van der Waals surface area (Å²) in [6, 6.07) is 3.39. The Morgan fingerprint density at radius 3 is 2.91 bits per heavy atom. The minimum atomic E-state index is -0.386. The first-order chi connectivity index (χ1) is 10.6. The highest BCUT2D eigenvalue weighted by molar-refractivity contribution is 5.81. The minimum absolute atomic E-state index is 0.0812. The highest BCUT2D eigenvalue weighted by Crippen LogP contribution is 2.17. The molecule has 0 radical (unpaired) electrons. The van der Waals surface area contributed by atoms with Crippen LogP contribution in [0, 0.1) is 6.92 Å². The van der Waals surface area contributed by atoms with E-state index in [9.17, 15) is 4.79 Å². The standard InChI is InChI=1S/C15H18N6O/c1-10-14-13(20(3)18-10)9-21(19-14)11(2)15(22)17-8-12-5-4-6-16-7-12/h4-7,9,11H,8H2,1-3H3,(H,17,22)/t11-/m1/s1. The Morgan fingerprint density at radius 1 is 1.41 bits per heavy atom. The fourth-order valence-electron chi connectivity index (χ4n) is 2.36. The van der Waals surface area contributed by atoms with Crippen LogP contribution in [0.1, 0.15) is 24.2 Å². The molecular formula is C15H18N6O. The zero-order chi connectivity index (χ0) is 15.7. The van der Waals surface area contributed by atoms with Crippen molar-refractivity contribution in [1.82, 2.24) is 29.9 Å². The van der Waals surface area contributed by atoms with Gasteiger partial charge in [0.1, 0.15) is 17.1 Å². The maximum atomic E-state index is 12.3. The van der Waals surface area contributed by atoms with Gasteiger partial charge < -0.3 is 5.32 Å². The van der Waals surface area contributed by atoms with Gasteiger partial charge in [-0.2, -0.15) is 10.2 Å². The van der Waals surface area contributed by atoms with Crippen molar-refractivity contribution in [3.05, 3.63) is 42.0 Å². The van der Waals surface area contributed by atoms with Crippen LogP contribution in [0.4, 0.5) is 0 Å². The normalized spacial score (nSPS) is 12.5. The number of amides is 1. The van der Waals surface area contributed by atoms with Crippen LogP contribution in [0.5, 0.6) is 0 Å². The number of aryl methyl sites for hydroxylation is 2. The molecule has 1 atom stereocenters. The third-order valence-corrected chi connectivity index (χ3v) is 3.67. The molecule has 0 aliphatic carbocycles. The van der Waals surface area contributed by atoms with E-state index in [-0.39, 0.29) is 11.9 Å². The first kappa shape index (κ1) is 14.2. The van der Waals surface area contributed by atoms with E-state index >= 15 is 0 Å². The maximum Gasteiger partial charge on any atom is 0.244 e. The summed E-state index contributed by atoms with van der Waals surface area (Å²) in [4.78, 5) is 16.3. The van der Waals surface area contributed by atoms with Crippen molar-refractivity contribution < 1.29 is 4.79 Å². The van der Waals surface area contributed by atoms with Crippen molar-refractivity contribution in [2.24, 2.45) is 7.05 Å². The zero-order valence-electron chi connectivity index (χ0n) is 12.8. The molecule has 0 aliphatic heterocycles. The van der Waals surface area contributed by atoms with Gasteiger partial charge in [0.05, 0.1) is 11.9 Å². The van der Waals surface area contributed by atoms with Crippen LogP contribution < -0.4 is 5.32 Å². The van der Waals surface area contributed by atoms with Gasteiger partial charge in [0.25, 0.3) is 0 Å². The molecule has 0 aliphatic rings. The fourth-order valence-corrected chi connectivity index (χ4v) is 2.36. The van der Waals surface area contributed by atoms with Crippen molar-refractivity contribution in [2.45, 2.75) is 26.4 Å². The molecule has 1 N–H and O–H groups in total. The van der Waals surface area contributed by atoms with Crippen LogP contribution >= 0.6 is 0 Å². The first-order valence-electron chi connectivity index (χ1n) is 7.11. The highest BCUT2D eigenvalue weighted by atomic mass is 16.2. The monoisotopic (exact) mass is 298 g/mol. The van der Waals surface area contributed by atoms with Crippen LogP contribution in [0.15, 0.2) is 30.7 Å². The molecule has 0 aromatic carbocycles. The van der Waals surface area contributed by atoms with Crippen LogP contribution in [0.2, 0.25) is 0 Å². The summed E-state index contributed by atoms with van der Waals surface area (Å²) >= 11 is 0. The average Bonchev–Trinajstić information content (AvgIpc) is 3.07. The molecule has 22 heavy (non-hydrogen) atoms. The second kappa shape index (κ2) is 5.59. The van der Waals surface area contributed by atoms with Crippen molar-refractivity contribution in [2.75, 3.05) is 0 Å². The molecule has 0 spiro atoms. The lowest BCUT2D eigenvalue weighted by atomic mass is 10.2. The number of fused-ring (bicyclic) bond motifs is 1. The summed E-state index contributed by atoms with van der Waals surface area (Å²) in [5.74, 6) is -0.0812. The van der Waals surface area contributed by atoms with Crippen molar-refractivity contribution in [3.63, 3.8) is 0 Å². The van der Waals surface area contributed by atoms with Gasteiger partial charge in [0.15, 0.2) is 0 Å². The fraction of sp³-hybridized carbons (Fsp3) is 0.333. The van der Waals surface area contributed by atoms with Gasteiger partial charge in [-0.25, -0.2) is 0 Å². The average molecular weight is 298 g/mol. The number of nitrogens with one attached hydrogen (secondary N) is 1. The number of hydrogen-bond acceptors (Lipinski definition) is 4. The molecular weight excluding hydrogens is 280 g/mol. The molecule has 0 saturated heterocycles. The predicted molar refractivity (Wildman–Crippen MR) is 82.0 cm³/mol. The van der Waals surface area contributed by atoms with E-state index in [0.29, 0.717) is 6.54 Å². The second-order valence-electron chi connectivity index (χ2n) is 5.31. The number of hydrogen-bond donors (Lipinski definition) is 1. The van der Waals surface area contributed by atoms with E-state index in [1.165, 1.54) is 0 Å². The van der Waals surface area contributed by atoms with Gasteiger partial charge in [0.2, 0.25) is 5.91 Å². The van der Waals surface area contributed by atoms with Crippen molar-refractivity contribution >= 4 is 16.9 Å². The lowest BCUT2D eigenvalue weighted by Gasteiger charge is -2.12. The number of rotatable bonds is 4. The van der Waals surface area contributed by atoms with Gasteiger partial charge in [0, 0.05) is 26.0 Å². The second-order valence-corrected chi connectivity index (χ2v) is 5.31. The largest absolute Gasteiger partial charge is 0.350 e. The Hall–Kier alpha value is -2.70.